The summed E-state index contributed by atoms with van der Waals surface area (Å²) in [6.45, 7) is 4.07. The molecule has 0 saturated carbocycles. The van der Waals surface area contributed by atoms with E-state index in [0.29, 0.717) is 0 Å². The highest BCUT2D eigenvalue weighted by atomic mass is 35.5. The van der Waals surface area contributed by atoms with Gasteiger partial charge in [0, 0.05) is 17.1 Å². The molecule has 2 aromatic rings. The number of benzene rings is 2. The first-order valence-corrected chi connectivity index (χ1v) is 6.71. The second-order valence-corrected chi connectivity index (χ2v) is 5.09. The Balaban J connectivity index is 2.11. The molecule has 2 rings (SSSR count). The molecule has 0 aromatic heterocycles. The molecule has 2 unspecified atom stereocenters. The minimum atomic E-state index is -0.212. The zero-order valence-corrected chi connectivity index (χ0v) is 11.8. The average Bonchev–Trinajstić information content (AvgIpc) is 2.39. The summed E-state index contributed by atoms with van der Waals surface area (Å²) in [5.74, 6) is -0.212. The molecule has 0 heterocycles. The maximum atomic E-state index is 13.2. The van der Waals surface area contributed by atoms with Crippen LogP contribution < -0.4 is 5.32 Å². The lowest BCUT2D eigenvalue weighted by Crippen LogP contribution is -2.22. The fraction of sp³-hybridized carbons (Fsp3) is 0.250. The van der Waals surface area contributed by atoms with E-state index in [4.69, 9.17) is 11.6 Å². The smallest absolute Gasteiger partial charge is 0.123 e. The lowest BCUT2D eigenvalue weighted by molar-refractivity contribution is 0.492. The van der Waals surface area contributed by atoms with Crippen LogP contribution in [0.15, 0.2) is 48.5 Å². The Labute approximate surface area is 118 Å². The highest BCUT2D eigenvalue weighted by Gasteiger charge is 2.13. The van der Waals surface area contributed by atoms with Gasteiger partial charge in [0.15, 0.2) is 0 Å². The lowest BCUT2D eigenvalue weighted by atomic mass is 10.0. The van der Waals surface area contributed by atoms with E-state index in [1.807, 2.05) is 37.3 Å². The fourth-order valence-corrected chi connectivity index (χ4v) is 2.46. The number of hydrogen-bond donors (Lipinski definition) is 1. The number of nitrogens with one attached hydrogen (secondary N) is 1. The van der Waals surface area contributed by atoms with Crippen molar-refractivity contribution < 1.29 is 4.39 Å². The summed E-state index contributed by atoms with van der Waals surface area (Å²) in [5.41, 5.74) is 1.98. The zero-order valence-electron chi connectivity index (χ0n) is 11.0. The fourth-order valence-electron chi connectivity index (χ4n) is 2.16. The molecule has 1 nitrogen and oxygen atoms in total. The number of halogens is 2. The van der Waals surface area contributed by atoms with Gasteiger partial charge in [-0.3, -0.25) is 0 Å². The molecule has 3 heteroatoms. The van der Waals surface area contributed by atoms with Crippen LogP contribution in [0.5, 0.6) is 0 Å². The number of rotatable bonds is 4. The molecule has 19 heavy (non-hydrogen) atoms. The van der Waals surface area contributed by atoms with Gasteiger partial charge in [-0.2, -0.15) is 0 Å². The van der Waals surface area contributed by atoms with E-state index >= 15 is 0 Å². The molecule has 0 aliphatic rings. The maximum Gasteiger partial charge on any atom is 0.123 e. The second kappa shape index (κ2) is 6.18. The van der Waals surface area contributed by atoms with Crippen molar-refractivity contribution in [3.8, 4) is 0 Å². The van der Waals surface area contributed by atoms with Gasteiger partial charge < -0.3 is 5.32 Å². The summed E-state index contributed by atoms with van der Waals surface area (Å²) in [6, 6.07) is 14.6. The van der Waals surface area contributed by atoms with Gasteiger partial charge in [-0.25, -0.2) is 4.39 Å². The highest BCUT2D eigenvalue weighted by Crippen LogP contribution is 2.25. The topological polar surface area (TPSA) is 12.0 Å². The molecule has 1 N–H and O–H groups in total. The average molecular weight is 278 g/mol. The van der Waals surface area contributed by atoms with E-state index in [-0.39, 0.29) is 17.9 Å². The van der Waals surface area contributed by atoms with Crippen molar-refractivity contribution in [1.29, 1.82) is 0 Å². The summed E-state index contributed by atoms with van der Waals surface area (Å²) in [4.78, 5) is 0. The van der Waals surface area contributed by atoms with Crippen molar-refractivity contribution in [1.82, 2.24) is 5.32 Å². The van der Waals surface area contributed by atoms with Crippen molar-refractivity contribution in [3.63, 3.8) is 0 Å². The Kier molecular flexibility index (Phi) is 4.56. The van der Waals surface area contributed by atoms with Crippen LogP contribution in [0.1, 0.15) is 37.1 Å². The van der Waals surface area contributed by atoms with Gasteiger partial charge in [-0.1, -0.05) is 41.9 Å². The van der Waals surface area contributed by atoms with Crippen molar-refractivity contribution in [2.45, 2.75) is 25.9 Å². The Morgan fingerprint density at radius 3 is 2.42 bits per heavy atom. The van der Waals surface area contributed by atoms with Gasteiger partial charge in [0.05, 0.1) is 0 Å². The normalized spacial score (nSPS) is 14.1. The molecular formula is C16H17ClFN. The summed E-state index contributed by atoms with van der Waals surface area (Å²) < 4.78 is 13.2. The van der Waals surface area contributed by atoms with Gasteiger partial charge in [-0.05, 0) is 43.2 Å². The van der Waals surface area contributed by atoms with Crippen LogP contribution in [0.4, 0.5) is 4.39 Å². The summed E-state index contributed by atoms with van der Waals surface area (Å²) >= 11 is 6.17. The van der Waals surface area contributed by atoms with Crippen molar-refractivity contribution >= 4 is 11.6 Å². The van der Waals surface area contributed by atoms with E-state index in [0.717, 1.165) is 16.1 Å². The Hall–Kier alpha value is -1.38. The van der Waals surface area contributed by atoms with Crippen LogP contribution in [0, 0.1) is 5.82 Å². The van der Waals surface area contributed by atoms with Crippen LogP contribution in [-0.2, 0) is 0 Å². The molecule has 0 bridgehead atoms. The summed E-state index contributed by atoms with van der Waals surface area (Å²) in [5, 5.41) is 4.17. The second-order valence-electron chi connectivity index (χ2n) is 4.69. The van der Waals surface area contributed by atoms with Gasteiger partial charge in [0.2, 0.25) is 0 Å². The van der Waals surface area contributed by atoms with Crippen molar-refractivity contribution in [2.75, 3.05) is 0 Å². The third-order valence-corrected chi connectivity index (χ3v) is 3.56. The van der Waals surface area contributed by atoms with Crippen molar-refractivity contribution in [3.05, 3.63) is 70.5 Å². The first-order chi connectivity index (χ1) is 9.08. The third kappa shape index (κ3) is 3.55. The van der Waals surface area contributed by atoms with Crippen molar-refractivity contribution in [2.24, 2.45) is 0 Å². The minimum Gasteiger partial charge on any atom is -0.304 e. The summed E-state index contributed by atoms with van der Waals surface area (Å²) in [6.07, 6.45) is 0. The molecule has 0 aliphatic carbocycles. The molecular weight excluding hydrogens is 261 g/mol. The van der Waals surface area contributed by atoms with Crippen LogP contribution >= 0.6 is 11.6 Å². The predicted molar refractivity (Wildman–Crippen MR) is 77.8 cm³/mol. The summed E-state index contributed by atoms with van der Waals surface area (Å²) in [7, 11) is 0. The Bertz CT molecular complexity index is 556. The van der Waals surface area contributed by atoms with E-state index in [1.165, 1.54) is 6.07 Å². The largest absolute Gasteiger partial charge is 0.304 e. The van der Waals surface area contributed by atoms with E-state index in [9.17, 15) is 4.39 Å². The van der Waals surface area contributed by atoms with Crippen LogP contribution in [0.2, 0.25) is 5.02 Å². The van der Waals surface area contributed by atoms with Gasteiger partial charge in [-0.15, -0.1) is 0 Å². The van der Waals surface area contributed by atoms with Crippen LogP contribution in [0.3, 0.4) is 0 Å². The lowest BCUT2D eigenvalue weighted by Gasteiger charge is -2.21. The molecule has 0 fully saturated rings. The Morgan fingerprint density at radius 2 is 1.74 bits per heavy atom. The standard InChI is InChI=1S/C16H17ClFN/c1-11(13-6-5-7-14(18)10-13)19-12(2)15-8-3-4-9-16(15)17/h3-12,19H,1-2H3. The molecule has 0 radical (unpaired) electrons. The molecule has 2 atom stereocenters. The van der Waals surface area contributed by atoms with Gasteiger partial charge in [0.25, 0.3) is 0 Å². The highest BCUT2D eigenvalue weighted by molar-refractivity contribution is 6.31. The number of hydrogen-bond acceptors (Lipinski definition) is 1. The molecule has 0 aliphatic heterocycles. The molecule has 0 amide bonds. The molecule has 100 valence electrons. The van der Waals surface area contributed by atoms with Gasteiger partial charge >= 0.3 is 0 Å². The van der Waals surface area contributed by atoms with Crippen LogP contribution in [-0.4, -0.2) is 0 Å². The first kappa shape index (κ1) is 14.0. The van der Waals surface area contributed by atoms with E-state index in [2.05, 4.69) is 12.2 Å². The van der Waals surface area contributed by atoms with E-state index in [1.54, 1.807) is 12.1 Å². The first-order valence-electron chi connectivity index (χ1n) is 6.34. The molecule has 2 aromatic carbocycles. The predicted octanol–water partition coefficient (Wildman–Crippen LogP) is 4.89. The molecule has 0 saturated heterocycles. The minimum absolute atomic E-state index is 0.0574. The zero-order chi connectivity index (χ0) is 13.8. The monoisotopic (exact) mass is 277 g/mol. The maximum absolute atomic E-state index is 13.2. The van der Waals surface area contributed by atoms with Crippen LogP contribution in [0.25, 0.3) is 0 Å². The quantitative estimate of drug-likeness (QED) is 0.839. The SMILES string of the molecule is CC(NC(C)c1ccccc1Cl)c1cccc(F)c1. The third-order valence-electron chi connectivity index (χ3n) is 3.22. The Morgan fingerprint density at radius 1 is 1.00 bits per heavy atom. The molecule has 0 spiro atoms. The van der Waals surface area contributed by atoms with E-state index < -0.39 is 0 Å². The van der Waals surface area contributed by atoms with Gasteiger partial charge in [0.1, 0.15) is 5.82 Å².